The molecular formula is C21H32N2O4. The van der Waals surface area contributed by atoms with Crippen molar-refractivity contribution in [2.24, 2.45) is 5.92 Å². The average Bonchev–Trinajstić information content (AvgIpc) is 2.61. The van der Waals surface area contributed by atoms with Crippen molar-refractivity contribution in [1.29, 1.82) is 0 Å². The topological polar surface area (TPSA) is 59.1 Å². The van der Waals surface area contributed by atoms with Crippen LogP contribution in [0.2, 0.25) is 0 Å². The maximum Gasteiger partial charge on any atom is 0.410 e. The monoisotopic (exact) mass is 376 g/mol. The number of rotatable bonds is 6. The van der Waals surface area contributed by atoms with Crippen molar-refractivity contribution in [2.45, 2.75) is 39.2 Å². The van der Waals surface area contributed by atoms with Crippen LogP contribution in [0.4, 0.5) is 4.79 Å². The third-order valence-electron chi connectivity index (χ3n) is 4.59. The largest absolute Gasteiger partial charge is 0.469 e. The molecule has 0 saturated carbocycles. The number of carbonyl (C=O) groups is 2. The molecule has 0 spiro atoms. The van der Waals surface area contributed by atoms with Crippen LogP contribution in [-0.2, 0) is 20.7 Å². The summed E-state index contributed by atoms with van der Waals surface area (Å²) in [5.41, 5.74) is 0.744. The number of amides is 1. The third kappa shape index (κ3) is 7.59. The van der Waals surface area contributed by atoms with Crippen LogP contribution in [0, 0.1) is 5.92 Å². The molecule has 1 aliphatic heterocycles. The Morgan fingerprint density at radius 1 is 1.07 bits per heavy atom. The van der Waals surface area contributed by atoms with Gasteiger partial charge in [0.2, 0.25) is 0 Å². The molecule has 1 atom stereocenters. The summed E-state index contributed by atoms with van der Waals surface area (Å²) in [4.78, 5) is 28.1. The molecule has 1 saturated heterocycles. The molecule has 0 aliphatic carbocycles. The van der Waals surface area contributed by atoms with Crippen LogP contribution in [0.25, 0.3) is 0 Å². The van der Waals surface area contributed by atoms with E-state index in [4.69, 9.17) is 9.47 Å². The molecule has 0 bridgehead atoms. The molecule has 1 unspecified atom stereocenters. The molecule has 1 aromatic rings. The normalized spacial score (nSPS) is 16.7. The van der Waals surface area contributed by atoms with E-state index in [1.165, 1.54) is 12.7 Å². The van der Waals surface area contributed by atoms with Crippen LogP contribution >= 0.6 is 0 Å². The van der Waals surface area contributed by atoms with Crippen LogP contribution in [0.1, 0.15) is 32.8 Å². The summed E-state index contributed by atoms with van der Waals surface area (Å²) >= 11 is 0. The highest BCUT2D eigenvalue weighted by molar-refractivity contribution is 5.69. The van der Waals surface area contributed by atoms with Gasteiger partial charge in [-0.3, -0.25) is 9.69 Å². The second kappa shape index (κ2) is 9.74. The van der Waals surface area contributed by atoms with E-state index in [2.05, 4.69) is 17.0 Å². The van der Waals surface area contributed by atoms with Crippen LogP contribution in [0.15, 0.2) is 30.3 Å². The van der Waals surface area contributed by atoms with Crippen molar-refractivity contribution < 1.29 is 19.1 Å². The second-order valence-corrected chi connectivity index (χ2v) is 8.10. The Kier molecular flexibility index (Phi) is 7.66. The number of piperazine rings is 1. The summed E-state index contributed by atoms with van der Waals surface area (Å²) in [6.07, 6.45) is 0.984. The first-order valence-electron chi connectivity index (χ1n) is 9.58. The van der Waals surface area contributed by atoms with Gasteiger partial charge >= 0.3 is 12.1 Å². The van der Waals surface area contributed by atoms with Gasteiger partial charge in [0, 0.05) is 39.1 Å². The summed E-state index contributed by atoms with van der Waals surface area (Å²) in [5, 5.41) is 0. The van der Waals surface area contributed by atoms with Crippen molar-refractivity contribution >= 4 is 12.1 Å². The lowest BCUT2D eigenvalue weighted by Crippen LogP contribution is -2.51. The van der Waals surface area contributed by atoms with Crippen molar-refractivity contribution in [3.63, 3.8) is 0 Å². The van der Waals surface area contributed by atoms with Gasteiger partial charge in [0.05, 0.1) is 7.11 Å². The maximum atomic E-state index is 12.2. The molecule has 1 fully saturated rings. The number of hydrogen-bond donors (Lipinski definition) is 0. The molecule has 1 amide bonds. The van der Waals surface area contributed by atoms with Gasteiger partial charge in [-0.2, -0.15) is 0 Å². The lowest BCUT2D eigenvalue weighted by atomic mass is 9.95. The predicted octanol–water partition coefficient (Wildman–Crippen LogP) is 2.96. The Balaban J connectivity index is 1.88. The number of benzene rings is 1. The van der Waals surface area contributed by atoms with Gasteiger partial charge in [-0.1, -0.05) is 30.3 Å². The van der Waals surface area contributed by atoms with Gasteiger partial charge < -0.3 is 14.4 Å². The highest BCUT2D eigenvalue weighted by Gasteiger charge is 2.27. The molecule has 0 radical (unpaired) electrons. The average molecular weight is 376 g/mol. The van der Waals surface area contributed by atoms with Crippen molar-refractivity contribution in [3.8, 4) is 0 Å². The SMILES string of the molecule is COC(=O)CC(Cc1ccccc1)CN1CCN(C(=O)OC(C)(C)C)CC1. The number of methoxy groups -OCH3 is 1. The van der Waals surface area contributed by atoms with Crippen LogP contribution in [0.5, 0.6) is 0 Å². The lowest BCUT2D eigenvalue weighted by Gasteiger charge is -2.37. The van der Waals surface area contributed by atoms with E-state index in [0.717, 1.165) is 26.1 Å². The molecular weight excluding hydrogens is 344 g/mol. The molecule has 1 heterocycles. The van der Waals surface area contributed by atoms with Gasteiger partial charge in [0.25, 0.3) is 0 Å². The predicted molar refractivity (Wildman–Crippen MR) is 105 cm³/mol. The Labute approximate surface area is 162 Å². The van der Waals surface area contributed by atoms with E-state index in [0.29, 0.717) is 19.5 Å². The fraction of sp³-hybridized carbons (Fsp3) is 0.619. The number of esters is 1. The fourth-order valence-corrected chi connectivity index (χ4v) is 3.27. The van der Waals surface area contributed by atoms with Crippen molar-refractivity contribution in [2.75, 3.05) is 39.8 Å². The molecule has 0 aromatic heterocycles. The minimum absolute atomic E-state index is 0.177. The van der Waals surface area contributed by atoms with E-state index in [-0.39, 0.29) is 18.0 Å². The smallest absolute Gasteiger partial charge is 0.410 e. The Morgan fingerprint density at radius 3 is 2.26 bits per heavy atom. The van der Waals surface area contributed by atoms with E-state index in [9.17, 15) is 9.59 Å². The fourth-order valence-electron chi connectivity index (χ4n) is 3.27. The number of ether oxygens (including phenoxy) is 2. The lowest BCUT2D eigenvalue weighted by molar-refractivity contribution is -0.141. The summed E-state index contributed by atoms with van der Waals surface area (Å²) in [6.45, 7) is 9.30. The van der Waals surface area contributed by atoms with Crippen molar-refractivity contribution in [1.82, 2.24) is 9.80 Å². The molecule has 0 N–H and O–H groups in total. The summed E-state index contributed by atoms with van der Waals surface area (Å²) in [6, 6.07) is 10.2. The Hall–Kier alpha value is -2.08. The van der Waals surface area contributed by atoms with E-state index in [1.54, 1.807) is 4.90 Å². The molecule has 1 aliphatic rings. The highest BCUT2D eigenvalue weighted by Crippen LogP contribution is 2.17. The molecule has 6 nitrogen and oxygen atoms in total. The summed E-state index contributed by atoms with van der Waals surface area (Å²) in [5.74, 6) is 0.0104. The second-order valence-electron chi connectivity index (χ2n) is 8.10. The molecule has 6 heteroatoms. The Bertz CT molecular complexity index is 604. The number of carbonyl (C=O) groups excluding carboxylic acids is 2. The molecule has 27 heavy (non-hydrogen) atoms. The first kappa shape index (κ1) is 21.2. The number of hydrogen-bond acceptors (Lipinski definition) is 5. The molecule has 150 valence electrons. The summed E-state index contributed by atoms with van der Waals surface area (Å²) < 4.78 is 10.3. The van der Waals surface area contributed by atoms with Crippen LogP contribution in [0.3, 0.4) is 0 Å². The minimum Gasteiger partial charge on any atom is -0.469 e. The number of nitrogens with zero attached hydrogens (tertiary/aromatic N) is 2. The van der Waals surface area contributed by atoms with Crippen LogP contribution in [-0.4, -0.2) is 67.3 Å². The zero-order chi connectivity index (χ0) is 19.9. The Morgan fingerprint density at radius 2 is 1.70 bits per heavy atom. The quantitative estimate of drug-likeness (QED) is 0.715. The third-order valence-corrected chi connectivity index (χ3v) is 4.59. The zero-order valence-electron chi connectivity index (χ0n) is 16.9. The zero-order valence-corrected chi connectivity index (χ0v) is 16.9. The standard InChI is InChI=1S/C21H32N2O4/c1-21(2,3)27-20(25)23-12-10-22(11-13-23)16-18(15-19(24)26-4)14-17-8-6-5-7-9-17/h5-9,18H,10-16H2,1-4H3. The minimum atomic E-state index is -0.477. The first-order chi connectivity index (χ1) is 12.8. The first-order valence-corrected chi connectivity index (χ1v) is 9.58. The summed E-state index contributed by atoms with van der Waals surface area (Å²) in [7, 11) is 1.43. The van der Waals surface area contributed by atoms with E-state index >= 15 is 0 Å². The van der Waals surface area contributed by atoms with Gasteiger partial charge in [-0.25, -0.2) is 4.79 Å². The maximum absolute atomic E-state index is 12.2. The molecule has 1 aromatic carbocycles. The highest BCUT2D eigenvalue weighted by atomic mass is 16.6. The van der Waals surface area contributed by atoms with Gasteiger partial charge in [0.15, 0.2) is 0 Å². The van der Waals surface area contributed by atoms with Gasteiger partial charge in [-0.15, -0.1) is 0 Å². The van der Waals surface area contributed by atoms with Crippen molar-refractivity contribution in [3.05, 3.63) is 35.9 Å². The molecule has 2 rings (SSSR count). The van der Waals surface area contributed by atoms with Gasteiger partial charge in [0.1, 0.15) is 5.60 Å². The van der Waals surface area contributed by atoms with Crippen LogP contribution < -0.4 is 0 Å². The van der Waals surface area contributed by atoms with E-state index in [1.807, 2.05) is 39.0 Å². The van der Waals surface area contributed by atoms with Gasteiger partial charge in [-0.05, 0) is 38.7 Å². The van der Waals surface area contributed by atoms with E-state index < -0.39 is 5.60 Å².